The number of nitrogens with zero attached hydrogens (tertiary/aromatic N) is 1. The molecular formula is C46H69IN6O4. The van der Waals surface area contributed by atoms with Gasteiger partial charge in [0, 0.05) is 39.7 Å². The Balaban J connectivity index is 0.000000620. The summed E-state index contributed by atoms with van der Waals surface area (Å²) in [5.74, 6) is 0. The van der Waals surface area contributed by atoms with Gasteiger partial charge in [0.1, 0.15) is 5.69 Å². The Bertz CT molecular complexity index is 2280. The first-order valence-corrected chi connectivity index (χ1v) is 18.4. The van der Waals surface area contributed by atoms with E-state index in [1.807, 2.05) is 27.7 Å². The van der Waals surface area contributed by atoms with E-state index in [1.165, 1.54) is 66.8 Å². The molecule has 10 nitrogen and oxygen atoms in total. The minimum Gasteiger partial charge on any atom is -0.450 e. The van der Waals surface area contributed by atoms with Crippen molar-refractivity contribution in [2.75, 3.05) is 34.0 Å². The van der Waals surface area contributed by atoms with Crippen LogP contribution in [-0.2, 0) is 17.8 Å². The molecule has 7 N–H and O–H groups in total. The second-order valence-corrected chi connectivity index (χ2v) is 14.8. The third-order valence-electron chi connectivity index (χ3n) is 12.4. The molecule has 1 amide bonds. The second-order valence-electron chi connectivity index (χ2n) is 14.8. The van der Waals surface area contributed by atoms with Crippen molar-refractivity contribution >= 4 is 64.2 Å². The summed E-state index contributed by atoms with van der Waals surface area (Å²) in [6.45, 7) is 27.5. The van der Waals surface area contributed by atoms with Gasteiger partial charge in [-0.05, 0) is 207 Å². The number of nitrogen functional groups attached to an aromatic ring is 2. The Morgan fingerprint density at radius 1 is 0.579 bits per heavy atom. The molecule has 57 heavy (non-hydrogen) atoms. The predicted molar refractivity (Wildman–Crippen MR) is 254 cm³/mol. The number of carbonyl (C=O) groups excluding carboxylic acids is 1. The predicted octanol–water partition coefficient (Wildman–Crippen LogP) is 12.4. The summed E-state index contributed by atoms with van der Waals surface area (Å²) in [5, 5.41) is 20.8. The van der Waals surface area contributed by atoms with Gasteiger partial charge in [0.15, 0.2) is 0 Å². The van der Waals surface area contributed by atoms with Crippen LogP contribution in [-0.4, -0.2) is 17.6 Å². The molecule has 0 radical (unpaired) electrons. The highest BCUT2D eigenvalue weighted by Crippen LogP contribution is 2.39. The largest absolute Gasteiger partial charge is 0.450 e. The van der Waals surface area contributed by atoms with Crippen LogP contribution in [0.5, 0.6) is 0 Å². The highest BCUT2D eigenvalue weighted by molar-refractivity contribution is 14.0. The maximum Gasteiger partial charge on any atom is 0.411 e. The number of anilines is 5. The Morgan fingerprint density at radius 2 is 0.912 bits per heavy atom. The zero-order valence-corrected chi connectivity index (χ0v) is 38.4. The maximum atomic E-state index is 12.3. The number of benzene rings is 4. The molecule has 0 fully saturated rings. The van der Waals surface area contributed by atoms with E-state index < -0.39 is 24.4 Å². The minimum atomic E-state index is -3.13. The number of ether oxygens (including phenoxy) is 1. The molecule has 4 aromatic carbocycles. The first kappa shape index (κ1) is 42.1. The van der Waals surface area contributed by atoms with Crippen molar-refractivity contribution in [1.29, 1.82) is 0 Å². The summed E-state index contributed by atoms with van der Waals surface area (Å²) in [5.41, 5.74) is 34.8. The molecule has 0 saturated carbocycles. The van der Waals surface area contributed by atoms with E-state index in [-0.39, 0.29) is 48.5 Å². The highest BCUT2D eigenvalue weighted by atomic mass is 127. The fourth-order valence-electron chi connectivity index (χ4n) is 7.48. The summed E-state index contributed by atoms with van der Waals surface area (Å²) in [6.07, 6.45) is -1.23. The van der Waals surface area contributed by atoms with Gasteiger partial charge in [0.05, 0.1) is 25.6 Å². The Kier molecular flexibility index (Phi) is 15.0. The molecule has 0 aliphatic rings. The van der Waals surface area contributed by atoms with Crippen molar-refractivity contribution < 1.29 is 21.3 Å². The first-order valence-electron chi connectivity index (χ1n) is 20.9. The quantitative estimate of drug-likeness (QED) is 0.0481. The maximum absolute atomic E-state index is 12.3. The SMILES string of the molecule is C.Cc1c(C)c(C)c(CNc2c(C)c(C)c([N+](=O)[O-])c(N)c2C)c(C)c1C.I.[2H]C([2H])([2H])C([2H])([2H])OC(=O)Nc1c(C)c(C)c(NCc2c(C)c(C)c(C)c(C)c2C)c(C)c1N. The van der Waals surface area contributed by atoms with Crippen molar-refractivity contribution in [3.63, 3.8) is 0 Å². The second kappa shape index (κ2) is 20.3. The summed E-state index contributed by atoms with van der Waals surface area (Å²) in [7, 11) is 0. The van der Waals surface area contributed by atoms with Gasteiger partial charge >= 0.3 is 6.09 Å². The van der Waals surface area contributed by atoms with E-state index >= 15 is 0 Å². The number of nitrogens with one attached hydrogen (secondary N) is 3. The van der Waals surface area contributed by atoms with Crippen LogP contribution in [0.15, 0.2) is 0 Å². The highest BCUT2D eigenvalue weighted by Gasteiger charge is 2.24. The third-order valence-corrected chi connectivity index (χ3v) is 12.4. The molecule has 0 spiro atoms. The number of hydrogen-bond acceptors (Lipinski definition) is 8. The standard InChI is InChI=1S/C24H35N3O2.C21H29N3O2.CH4.HI/c1-10-29-24(28)27-23-18(8)17(7)22(19(9)21(23)25)26-11-20-15(5)13(3)12(2)14(4)16(20)6;1-10-11(2)13(4)18(14(5)12(10)3)9-23-20-15(6)16(7)21(24(25)26)19(22)17(20)8;;/h26H,10-11,25H2,1-9H3,(H,27,28);23H,9,22H2,1-8H3;1H4;1H/i1D3,10D2;;;. The molecule has 314 valence electrons. The molecule has 4 aromatic rings. The van der Waals surface area contributed by atoms with Crippen molar-refractivity contribution in [3.05, 3.63) is 110 Å². The fraction of sp³-hybridized carbons (Fsp3) is 0.457. The molecule has 0 saturated heterocycles. The fourth-order valence-corrected chi connectivity index (χ4v) is 7.48. The lowest BCUT2D eigenvalue weighted by Crippen LogP contribution is -2.17. The molecular weight excluding hydrogens is 827 g/mol. The number of carbonyl (C=O) groups is 1. The van der Waals surface area contributed by atoms with Crippen LogP contribution in [0.25, 0.3) is 0 Å². The number of nitro benzene ring substituents is 1. The average Bonchev–Trinajstić information content (AvgIpc) is 3.16. The Morgan fingerprint density at radius 3 is 1.28 bits per heavy atom. The lowest BCUT2D eigenvalue weighted by molar-refractivity contribution is -0.384. The van der Waals surface area contributed by atoms with Gasteiger partial charge < -0.3 is 26.8 Å². The molecule has 0 unspecified atom stereocenters. The van der Waals surface area contributed by atoms with E-state index in [9.17, 15) is 14.9 Å². The van der Waals surface area contributed by atoms with Crippen LogP contribution >= 0.6 is 24.0 Å². The van der Waals surface area contributed by atoms with Crippen LogP contribution in [0.2, 0.25) is 0 Å². The van der Waals surface area contributed by atoms with Gasteiger partial charge in [-0.2, -0.15) is 0 Å². The topological polar surface area (TPSA) is 158 Å². The van der Waals surface area contributed by atoms with Crippen molar-refractivity contribution in [2.45, 2.75) is 138 Å². The summed E-state index contributed by atoms with van der Waals surface area (Å²) in [6, 6.07) is 0. The minimum absolute atomic E-state index is 0. The van der Waals surface area contributed by atoms with Gasteiger partial charge in [0.25, 0.3) is 5.69 Å². The van der Waals surface area contributed by atoms with Crippen molar-refractivity contribution in [3.8, 4) is 0 Å². The van der Waals surface area contributed by atoms with E-state index in [2.05, 4.69) is 89.9 Å². The van der Waals surface area contributed by atoms with Crippen molar-refractivity contribution in [2.24, 2.45) is 0 Å². The van der Waals surface area contributed by atoms with Crippen LogP contribution in [0.1, 0.15) is 121 Å². The lowest BCUT2D eigenvalue weighted by Gasteiger charge is -2.23. The van der Waals surface area contributed by atoms with Gasteiger partial charge in [0.2, 0.25) is 0 Å². The number of amides is 1. The smallest absolute Gasteiger partial charge is 0.411 e. The molecule has 11 heteroatoms. The average molecular weight is 902 g/mol. The van der Waals surface area contributed by atoms with Crippen LogP contribution in [0, 0.1) is 121 Å². The molecule has 0 heterocycles. The molecule has 0 aromatic heterocycles. The molecule has 4 rings (SSSR count). The van der Waals surface area contributed by atoms with E-state index in [4.69, 9.17) is 18.3 Å². The number of hydrogen-bond donors (Lipinski definition) is 5. The summed E-state index contributed by atoms with van der Waals surface area (Å²) in [4.78, 5) is 23.2. The number of rotatable bonds is 9. The normalized spacial score (nSPS) is 12.2. The molecule has 0 atom stereocenters. The van der Waals surface area contributed by atoms with E-state index in [0.29, 0.717) is 35.5 Å². The van der Waals surface area contributed by atoms with E-state index in [0.717, 1.165) is 28.1 Å². The van der Waals surface area contributed by atoms with Crippen LogP contribution < -0.4 is 27.4 Å². The van der Waals surface area contributed by atoms with Gasteiger partial charge in [-0.1, -0.05) is 7.43 Å². The van der Waals surface area contributed by atoms with Crippen LogP contribution in [0.4, 0.5) is 38.9 Å². The van der Waals surface area contributed by atoms with Crippen LogP contribution in [0.3, 0.4) is 0 Å². The number of nitrogens with two attached hydrogens (primary N) is 2. The first-order chi connectivity index (χ1) is 27.4. The Labute approximate surface area is 366 Å². The monoisotopic (exact) mass is 901 g/mol. The summed E-state index contributed by atoms with van der Waals surface area (Å²) < 4.78 is 41.1. The van der Waals surface area contributed by atoms with Gasteiger partial charge in [-0.25, -0.2) is 4.79 Å². The molecule has 0 bridgehead atoms. The van der Waals surface area contributed by atoms with Gasteiger partial charge in [-0.15, -0.1) is 24.0 Å². The molecule has 0 aliphatic carbocycles. The zero-order valence-electron chi connectivity index (χ0n) is 41.1. The zero-order chi connectivity index (χ0) is 46.3. The van der Waals surface area contributed by atoms with E-state index in [1.54, 1.807) is 13.8 Å². The Hall–Kier alpha value is -4.52. The van der Waals surface area contributed by atoms with Crippen molar-refractivity contribution in [1.82, 2.24) is 0 Å². The number of nitro groups is 1. The number of halogens is 1. The molecule has 0 aliphatic heterocycles. The van der Waals surface area contributed by atoms with Gasteiger partial charge in [-0.3, -0.25) is 15.4 Å². The third kappa shape index (κ3) is 9.96. The lowest BCUT2D eigenvalue weighted by atomic mass is 9.89. The summed E-state index contributed by atoms with van der Waals surface area (Å²) >= 11 is 0.